The molecule has 0 unspecified atom stereocenters. The summed E-state index contributed by atoms with van der Waals surface area (Å²) in [5.41, 5.74) is 4.97. The summed E-state index contributed by atoms with van der Waals surface area (Å²) in [7, 11) is -0.583. The largest absolute Gasteiger partial charge is 0.336 e. The second kappa shape index (κ2) is 9.44. The third kappa shape index (κ3) is 4.95. The second-order valence-corrected chi connectivity index (χ2v) is 9.83. The van der Waals surface area contributed by atoms with Crippen molar-refractivity contribution >= 4 is 32.8 Å². The van der Waals surface area contributed by atoms with Crippen LogP contribution in [0.1, 0.15) is 22.6 Å². The fraction of sp³-hybridized carbons (Fsp3) is 0.333. The van der Waals surface area contributed by atoms with Gasteiger partial charge in [0.25, 0.3) is 0 Å². The number of hydrogen-bond acceptors (Lipinski definition) is 5. The SMILES string of the molecule is Cc1ccc2c(n1)c(Cc1ccc(S(=O)(=O)N(C)C)cn1)c(C)n2C/C(F)=C/CNCl. The Morgan fingerprint density at radius 3 is 2.61 bits per heavy atom. The van der Waals surface area contributed by atoms with E-state index >= 15 is 0 Å². The average molecular weight is 466 g/mol. The molecule has 0 fully saturated rings. The molecule has 31 heavy (non-hydrogen) atoms. The molecule has 166 valence electrons. The molecule has 0 radical (unpaired) electrons. The van der Waals surface area contributed by atoms with Crippen molar-refractivity contribution in [3.63, 3.8) is 0 Å². The summed E-state index contributed by atoms with van der Waals surface area (Å²) in [4.78, 5) is 11.5. The lowest BCUT2D eigenvalue weighted by Crippen LogP contribution is -2.22. The van der Waals surface area contributed by atoms with Crippen molar-refractivity contribution in [3.8, 4) is 0 Å². The van der Waals surface area contributed by atoms with E-state index in [9.17, 15) is 12.8 Å². The molecule has 0 bridgehead atoms. The summed E-state index contributed by atoms with van der Waals surface area (Å²) in [6, 6.07) is 7.07. The van der Waals surface area contributed by atoms with Crippen LogP contribution in [-0.2, 0) is 23.0 Å². The zero-order chi connectivity index (χ0) is 22.8. The number of allylic oxidation sites excluding steroid dienone is 1. The number of fused-ring (bicyclic) bond motifs is 1. The molecule has 0 aliphatic rings. The molecular weight excluding hydrogens is 441 g/mol. The van der Waals surface area contributed by atoms with Gasteiger partial charge in [-0.2, -0.15) is 0 Å². The quantitative estimate of drug-likeness (QED) is 0.515. The number of nitrogens with zero attached hydrogens (tertiary/aromatic N) is 4. The average Bonchev–Trinajstić information content (AvgIpc) is 2.97. The fourth-order valence-electron chi connectivity index (χ4n) is 3.34. The van der Waals surface area contributed by atoms with Gasteiger partial charge in [-0.1, -0.05) is 0 Å². The van der Waals surface area contributed by atoms with Crippen molar-refractivity contribution in [1.29, 1.82) is 0 Å². The highest BCUT2D eigenvalue weighted by Gasteiger charge is 2.20. The highest BCUT2D eigenvalue weighted by molar-refractivity contribution is 7.89. The molecule has 1 N–H and O–H groups in total. The first-order valence-electron chi connectivity index (χ1n) is 9.66. The molecule has 3 rings (SSSR count). The van der Waals surface area contributed by atoms with E-state index in [0.717, 1.165) is 32.3 Å². The molecule has 3 heterocycles. The van der Waals surface area contributed by atoms with Crippen LogP contribution in [0.2, 0.25) is 0 Å². The Hall–Kier alpha value is -2.33. The van der Waals surface area contributed by atoms with Crippen LogP contribution >= 0.6 is 11.8 Å². The van der Waals surface area contributed by atoms with Gasteiger partial charge < -0.3 is 4.57 Å². The van der Waals surface area contributed by atoms with Crippen LogP contribution < -0.4 is 4.84 Å². The molecule has 0 aliphatic heterocycles. The van der Waals surface area contributed by atoms with Crippen LogP contribution in [0.3, 0.4) is 0 Å². The van der Waals surface area contributed by atoms with Crippen LogP contribution in [0.15, 0.2) is 47.3 Å². The summed E-state index contributed by atoms with van der Waals surface area (Å²) >= 11 is 5.42. The number of halogens is 2. The highest BCUT2D eigenvalue weighted by Crippen LogP contribution is 2.28. The lowest BCUT2D eigenvalue weighted by atomic mass is 10.1. The number of rotatable bonds is 8. The van der Waals surface area contributed by atoms with Crippen molar-refractivity contribution in [3.05, 3.63) is 65.0 Å². The number of nitrogens with one attached hydrogen (secondary N) is 1. The minimum absolute atomic E-state index is 0.0685. The van der Waals surface area contributed by atoms with Gasteiger partial charge in [0.05, 0.1) is 17.6 Å². The van der Waals surface area contributed by atoms with E-state index in [0.29, 0.717) is 12.1 Å². The van der Waals surface area contributed by atoms with Crippen molar-refractivity contribution in [2.24, 2.45) is 0 Å². The minimum atomic E-state index is -3.54. The van der Waals surface area contributed by atoms with Gasteiger partial charge in [0.15, 0.2) is 0 Å². The maximum absolute atomic E-state index is 14.4. The van der Waals surface area contributed by atoms with Gasteiger partial charge in [-0.15, -0.1) is 0 Å². The Balaban J connectivity index is 2.01. The number of sulfonamides is 1. The monoisotopic (exact) mass is 465 g/mol. The van der Waals surface area contributed by atoms with Gasteiger partial charge in [-0.3, -0.25) is 9.97 Å². The van der Waals surface area contributed by atoms with E-state index in [2.05, 4.69) is 14.8 Å². The standard InChI is InChI=1S/C21H25ClFN5O2S/c1-14-5-8-20-21(26-14)19(15(2)28(20)13-16(23)9-10-25-22)11-17-6-7-18(12-24-17)31(29,30)27(3)4/h5-9,12,25H,10-11,13H2,1-4H3/b16-9-. The molecule has 0 saturated heterocycles. The number of hydrogen-bond donors (Lipinski definition) is 1. The van der Waals surface area contributed by atoms with Gasteiger partial charge in [0.1, 0.15) is 10.7 Å². The van der Waals surface area contributed by atoms with E-state index in [4.69, 9.17) is 11.8 Å². The molecule has 3 aromatic heterocycles. The highest BCUT2D eigenvalue weighted by atomic mass is 35.5. The van der Waals surface area contributed by atoms with E-state index in [1.54, 1.807) is 12.1 Å². The zero-order valence-electron chi connectivity index (χ0n) is 17.9. The van der Waals surface area contributed by atoms with Gasteiger partial charge in [-0.05, 0) is 56.0 Å². The Morgan fingerprint density at radius 2 is 2.00 bits per heavy atom. The Morgan fingerprint density at radius 1 is 1.26 bits per heavy atom. The number of aryl methyl sites for hydroxylation is 1. The van der Waals surface area contributed by atoms with Crippen LogP contribution in [0.5, 0.6) is 0 Å². The number of aromatic nitrogens is 3. The molecule has 10 heteroatoms. The predicted molar refractivity (Wildman–Crippen MR) is 120 cm³/mol. The lowest BCUT2D eigenvalue weighted by molar-refractivity contribution is 0.520. The van der Waals surface area contributed by atoms with Crippen molar-refractivity contribution in [1.82, 2.24) is 23.7 Å². The number of pyridine rings is 2. The first kappa shape index (κ1) is 23.3. The normalized spacial score (nSPS) is 12.8. The lowest BCUT2D eigenvalue weighted by Gasteiger charge is -2.11. The van der Waals surface area contributed by atoms with Gasteiger partial charge in [-0.25, -0.2) is 21.9 Å². The van der Waals surface area contributed by atoms with E-state index < -0.39 is 10.0 Å². The Kier molecular flexibility index (Phi) is 7.10. The summed E-state index contributed by atoms with van der Waals surface area (Å²) in [5, 5.41) is 0. The van der Waals surface area contributed by atoms with Crippen LogP contribution in [-0.4, -0.2) is 47.9 Å². The Bertz CT molecular complexity index is 1220. The molecule has 0 aromatic carbocycles. The summed E-state index contributed by atoms with van der Waals surface area (Å²) in [5.74, 6) is -0.309. The molecule has 0 atom stereocenters. The fourth-order valence-corrected chi connectivity index (χ4v) is 4.27. The smallest absolute Gasteiger partial charge is 0.244 e. The zero-order valence-corrected chi connectivity index (χ0v) is 19.4. The third-order valence-electron chi connectivity index (χ3n) is 5.08. The first-order chi connectivity index (χ1) is 14.6. The van der Waals surface area contributed by atoms with Crippen molar-refractivity contribution < 1.29 is 12.8 Å². The molecule has 0 aliphatic carbocycles. The van der Waals surface area contributed by atoms with Crippen molar-refractivity contribution in [2.45, 2.75) is 31.7 Å². The maximum atomic E-state index is 14.4. The minimum Gasteiger partial charge on any atom is -0.336 e. The summed E-state index contributed by atoms with van der Waals surface area (Å²) < 4.78 is 41.9. The van der Waals surface area contributed by atoms with Crippen LogP contribution in [0.25, 0.3) is 11.0 Å². The molecular formula is C21H25ClFN5O2S. The summed E-state index contributed by atoms with van der Waals surface area (Å²) in [6.45, 7) is 4.12. The molecule has 0 saturated carbocycles. The van der Waals surface area contributed by atoms with Crippen molar-refractivity contribution in [2.75, 3.05) is 20.6 Å². The van der Waals surface area contributed by atoms with E-state index in [-0.39, 0.29) is 23.8 Å². The molecule has 0 spiro atoms. The van der Waals surface area contributed by atoms with E-state index in [1.807, 2.05) is 30.5 Å². The molecule has 3 aromatic rings. The van der Waals surface area contributed by atoms with E-state index in [1.165, 1.54) is 26.4 Å². The van der Waals surface area contributed by atoms with Gasteiger partial charge in [0, 0.05) is 55.9 Å². The first-order valence-corrected chi connectivity index (χ1v) is 11.5. The molecule has 7 nitrogen and oxygen atoms in total. The third-order valence-corrected chi connectivity index (χ3v) is 7.03. The molecule has 0 amide bonds. The predicted octanol–water partition coefficient (Wildman–Crippen LogP) is 3.49. The topological polar surface area (TPSA) is 80.1 Å². The summed E-state index contributed by atoms with van der Waals surface area (Å²) in [6.07, 6.45) is 3.20. The van der Waals surface area contributed by atoms with Crippen LogP contribution in [0, 0.1) is 13.8 Å². The van der Waals surface area contributed by atoms with Gasteiger partial charge in [0.2, 0.25) is 10.0 Å². The maximum Gasteiger partial charge on any atom is 0.244 e. The Labute approximate surface area is 186 Å². The second-order valence-electron chi connectivity index (χ2n) is 7.41. The van der Waals surface area contributed by atoms with Crippen LogP contribution in [0.4, 0.5) is 4.39 Å². The van der Waals surface area contributed by atoms with Gasteiger partial charge >= 0.3 is 0 Å².